The molecule has 0 saturated heterocycles. The lowest BCUT2D eigenvalue weighted by Crippen LogP contribution is -1.94. The molecule has 2 heterocycles. The minimum absolute atomic E-state index is 0.681. The molecule has 0 radical (unpaired) electrons. The third-order valence-electron chi connectivity index (χ3n) is 3.57. The summed E-state index contributed by atoms with van der Waals surface area (Å²) in [5, 5.41) is 0. The Kier molecular flexibility index (Phi) is 4.73. The minimum atomic E-state index is 0.681. The lowest BCUT2D eigenvalue weighted by atomic mass is 10.0. The highest BCUT2D eigenvalue weighted by Gasteiger charge is 2.10. The van der Waals surface area contributed by atoms with Crippen molar-refractivity contribution in [3.63, 3.8) is 0 Å². The lowest BCUT2D eigenvalue weighted by Gasteiger charge is -2.09. The molecule has 0 amide bonds. The van der Waals surface area contributed by atoms with Crippen LogP contribution in [0.5, 0.6) is 0 Å². The second-order valence-electron chi connectivity index (χ2n) is 5.15. The second-order valence-corrected chi connectivity index (χ2v) is 5.15. The summed E-state index contributed by atoms with van der Waals surface area (Å²) >= 11 is 0. The zero-order valence-electron chi connectivity index (χ0n) is 13.3. The van der Waals surface area contributed by atoms with Gasteiger partial charge in [-0.2, -0.15) is 0 Å². The number of pyridine rings is 2. The highest BCUT2D eigenvalue weighted by atomic mass is 14.8. The van der Waals surface area contributed by atoms with Gasteiger partial charge in [0.1, 0.15) is 0 Å². The van der Waals surface area contributed by atoms with Crippen molar-refractivity contribution in [2.24, 2.45) is 4.99 Å². The van der Waals surface area contributed by atoms with E-state index in [1.807, 2.05) is 48.5 Å². The number of aliphatic imine (C=N–C) groups is 1. The van der Waals surface area contributed by atoms with Crippen molar-refractivity contribution >= 4 is 12.4 Å². The van der Waals surface area contributed by atoms with Crippen LogP contribution in [0.25, 0.3) is 28.2 Å². The molecule has 0 fully saturated rings. The molecule has 3 rings (SSSR count). The molecule has 0 bridgehead atoms. The highest BCUT2D eigenvalue weighted by Crippen LogP contribution is 2.27. The van der Waals surface area contributed by atoms with Gasteiger partial charge in [0, 0.05) is 6.20 Å². The fourth-order valence-corrected chi connectivity index (χ4v) is 2.44. The van der Waals surface area contributed by atoms with Gasteiger partial charge in [0.15, 0.2) is 0 Å². The molecular formula is C21H17N3. The fraction of sp³-hybridized carbons (Fsp3) is 0. The molecule has 3 aromatic rings. The van der Waals surface area contributed by atoms with Gasteiger partial charge in [-0.05, 0) is 48.2 Å². The number of rotatable bonds is 5. The average molecular weight is 311 g/mol. The largest absolute Gasteiger partial charge is 0.262 e. The maximum atomic E-state index is 4.71. The SMILES string of the molecule is C=C/C=C(\N=C)c1cc(-c2ccccc2)cc(-c2ccccn2)n1. The Labute approximate surface area is 141 Å². The number of benzene rings is 1. The molecule has 1 aromatic carbocycles. The summed E-state index contributed by atoms with van der Waals surface area (Å²) in [4.78, 5) is 13.2. The van der Waals surface area contributed by atoms with E-state index in [1.165, 1.54) is 0 Å². The normalized spacial score (nSPS) is 11.1. The molecule has 2 aromatic heterocycles. The van der Waals surface area contributed by atoms with Crippen LogP contribution in [0.2, 0.25) is 0 Å². The van der Waals surface area contributed by atoms with Crippen LogP contribution in [-0.2, 0) is 0 Å². The topological polar surface area (TPSA) is 38.1 Å². The van der Waals surface area contributed by atoms with Crippen LogP contribution < -0.4 is 0 Å². The Morgan fingerprint density at radius 3 is 2.38 bits per heavy atom. The quantitative estimate of drug-likeness (QED) is 0.489. The molecule has 24 heavy (non-hydrogen) atoms. The number of aromatic nitrogens is 2. The van der Waals surface area contributed by atoms with Crippen LogP contribution in [0.4, 0.5) is 0 Å². The van der Waals surface area contributed by atoms with Crippen molar-refractivity contribution in [2.45, 2.75) is 0 Å². The van der Waals surface area contributed by atoms with E-state index in [9.17, 15) is 0 Å². The summed E-state index contributed by atoms with van der Waals surface area (Å²) in [7, 11) is 0. The van der Waals surface area contributed by atoms with E-state index in [2.05, 4.69) is 35.4 Å². The van der Waals surface area contributed by atoms with E-state index in [4.69, 9.17) is 4.98 Å². The fourth-order valence-electron chi connectivity index (χ4n) is 2.44. The van der Waals surface area contributed by atoms with Crippen LogP contribution in [0.1, 0.15) is 5.69 Å². The van der Waals surface area contributed by atoms with Crippen LogP contribution in [0.15, 0.2) is 90.6 Å². The maximum Gasteiger partial charge on any atom is 0.0900 e. The highest BCUT2D eigenvalue weighted by molar-refractivity contribution is 5.76. The molecule has 116 valence electrons. The predicted octanol–water partition coefficient (Wildman–Crippen LogP) is 5.04. The van der Waals surface area contributed by atoms with Crippen molar-refractivity contribution in [3.8, 4) is 22.5 Å². The van der Waals surface area contributed by atoms with E-state index in [0.29, 0.717) is 5.70 Å². The van der Waals surface area contributed by atoms with Gasteiger partial charge < -0.3 is 0 Å². The summed E-state index contributed by atoms with van der Waals surface area (Å²) in [5.41, 5.74) is 5.20. The molecule has 0 aliphatic rings. The minimum Gasteiger partial charge on any atom is -0.262 e. The van der Waals surface area contributed by atoms with Gasteiger partial charge in [0.2, 0.25) is 0 Å². The van der Waals surface area contributed by atoms with Crippen molar-refractivity contribution in [3.05, 3.63) is 91.3 Å². The van der Waals surface area contributed by atoms with Crippen molar-refractivity contribution in [1.29, 1.82) is 0 Å². The van der Waals surface area contributed by atoms with Crippen LogP contribution in [0.3, 0.4) is 0 Å². The van der Waals surface area contributed by atoms with Crippen molar-refractivity contribution < 1.29 is 0 Å². The zero-order valence-corrected chi connectivity index (χ0v) is 13.3. The van der Waals surface area contributed by atoms with E-state index < -0.39 is 0 Å². The first-order valence-corrected chi connectivity index (χ1v) is 7.60. The standard InChI is InChI=1S/C21H17N3/c1-3-9-18(22-2)20-14-17(16-10-5-4-6-11-16)15-21(24-20)19-12-7-8-13-23-19/h3-15H,1-2H2/b18-9-. The third kappa shape index (κ3) is 3.36. The van der Waals surface area contributed by atoms with E-state index >= 15 is 0 Å². The maximum absolute atomic E-state index is 4.71. The van der Waals surface area contributed by atoms with E-state index in [1.54, 1.807) is 18.3 Å². The summed E-state index contributed by atoms with van der Waals surface area (Å²) in [6.07, 6.45) is 5.24. The van der Waals surface area contributed by atoms with Crippen LogP contribution >= 0.6 is 0 Å². The first kappa shape index (κ1) is 15.6. The lowest BCUT2D eigenvalue weighted by molar-refractivity contribution is 1.21. The molecule has 0 spiro atoms. The van der Waals surface area contributed by atoms with Gasteiger partial charge >= 0.3 is 0 Å². The number of nitrogens with zero attached hydrogens (tertiary/aromatic N) is 3. The van der Waals surface area contributed by atoms with Gasteiger partial charge in [0.25, 0.3) is 0 Å². The van der Waals surface area contributed by atoms with Gasteiger partial charge in [-0.1, -0.05) is 49.1 Å². The van der Waals surface area contributed by atoms with Gasteiger partial charge in [0.05, 0.1) is 22.8 Å². The number of hydrogen-bond acceptors (Lipinski definition) is 3. The third-order valence-corrected chi connectivity index (χ3v) is 3.57. The average Bonchev–Trinajstić information content (AvgIpc) is 2.67. The summed E-state index contributed by atoms with van der Waals surface area (Å²) in [6.45, 7) is 7.37. The summed E-state index contributed by atoms with van der Waals surface area (Å²) in [6, 6.07) is 20.0. The number of allylic oxidation sites excluding steroid dienone is 2. The second kappa shape index (κ2) is 7.29. The molecular weight excluding hydrogens is 294 g/mol. The van der Waals surface area contributed by atoms with Gasteiger partial charge in [-0.25, -0.2) is 4.98 Å². The van der Waals surface area contributed by atoms with Crippen molar-refractivity contribution in [1.82, 2.24) is 9.97 Å². The molecule has 3 heteroatoms. The first-order chi connectivity index (χ1) is 11.8. The van der Waals surface area contributed by atoms with E-state index in [0.717, 1.165) is 28.2 Å². The molecule has 0 aliphatic carbocycles. The molecule has 0 unspecified atom stereocenters. The molecule has 0 aliphatic heterocycles. The molecule has 0 N–H and O–H groups in total. The zero-order chi connectivity index (χ0) is 16.8. The van der Waals surface area contributed by atoms with Crippen LogP contribution in [-0.4, -0.2) is 16.7 Å². The van der Waals surface area contributed by atoms with Gasteiger partial charge in [-0.3, -0.25) is 9.98 Å². The Balaban J connectivity index is 2.21. The molecule has 3 nitrogen and oxygen atoms in total. The van der Waals surface area contributed by atoms with E-state index in [-0.39, 0.29) is 0 Å². The molecule has 0 atom stereocenters. The molecule has 0 saturated carbocycles. The Bertz CT molecular complexity index is 824. The Morgan fingerprint density at radius 2 is 1.71 bits per heavy atom. The van der Waals surface area contributed by atoms with Crippen LogP contribution in [0, 0.1) is 0 Å². The summed E-state index contributed by atoms with van der Waals surface area (Å²) in [5.74, 6) is 0. The van der Waals surface area contributed by atoms with Gasteiger partial charge in [-0.15, -0.1) is 0 Å². The smallest absolute Gasteiger partial charge is 0.0900 e. The Hall–Kier alpha value is -3.33. The monoisotopic (exact) mass is 311 g/mol. The summed E-state index contributed by atoms with van der Waals surface area (Å²) < 4.78 is 0. The Morgan fingerprint density at radius 1 is 0.917 bits per heavy atom. The van der Waals surface area contributed by atoms with Crippen molar-refractivity contribution in [2.75, 3.05) is 0 Å². The number of hydrogen-bond donors (Lipinski definition) is 0. The first-order valence-electron chi connectivity index (χ1n) is 7.60. The predicted molar refractivity (Wildman–Crippen MR) is 101 cm³/mol.